The van der Waals surface area contributed by atoms with E-state index >= 15 is 0 Å². The summed E-state index contributed by atoms with van der Waals surface area (Å²) in [6.45, 7) is 9.23. The molecule has 0 bridgehead atoms. The van der Waals surface area contributed by atoms with E-state index in [1.165, 1.54) is 24.0 Å². The molecule has 1 N–H and O–H groups in total. The summed E-state index contributed by atoms with van der Waals surface area (Å²) < 4.78 is 5.93. The maximum atomic E-state index is 10.8. The van der Waals surface area contributed by atoms with Crippen molar-refractivity contribution in [2.24, 2.45) is 5.92 Å². The number of likely N-dealkylation sites (tertiary alicyclic amines) is 1. The summed E-state index contributed by atoms with van der Waals surface area (Å²) in [6, 6.07) is 4.25. The Balaban J connectivity index is 1.85. The van der Waals surface area contributed by atoms with Crippen LogP contribution in [0.5, 0.6) is 5.75 Å². The molecule has 110 valence electrons. The van der Waals surface area contributed by atoms with Gasteiger partial charge in [-0.3, -0.25) is 4.90 Å². The van der Waals surface area contributed by atoms with Gasteiger partial charge in [0.25, 0.3) is 0 Å². The molecule has 20 heavy (non-hydrogen) atoms. The molecule has 3 nitrogen and oxygen atoms in total. The van der Waals surface area contributed by atoms with E-state index in [1.807, 2.05) is 0 Å². The molecule has 1 saturated heterocycles. The average Bonchev–Trinajstić information content (AvgIpc) is 2.41. The van der Waals surface area contributed by atoms with E-state index in [4.69, 9.17) is 4.74 Å². The Morgan fingerprint density at radius 2 is 2.00 bits per heavy atom. The lowest BCUT2D eigenvalue weighted by atomic mass is 9.91. The van der Waals surface area contributed by atoms with Crippen LogP contribution < -0.4 is 4.74 Å². The predicted molar refractivity (Wildman–Crippen MR) is 80.1 cm³/mol. The largest absolute Gasteiger partial charge is 0.491 e. The lowest BCUT2D eigenvalue weighted by molar-refractivity contribution is -0.0127. The van der Waals surface area contributed by atoms with Crippen molar-refractivity contribution < 1.29 is 9.84 Å². The number of ether oxygens (including phenoxy) is 1. The lowest BCUT2D eigenvalue weighted by Gasteiger charge is -2.42. The van der Waals surface area contributed by atoms with E-state index in [2.05, 4.69) is 37.8 Å². The Bertz CT molecular complexity index is 500. The second kappa shape index (κ2) is 5.38. The van der Waals surface area contributed by atoms with Crippen LogP contribution in [0.1, 0.15) is 42.6 Å². The van der Waals surface area contributed by atoms with Gasteiger partial charge >= 0.3 is 0 Å². The summed E-state index contributed by atoms with van der Waals surface area (Å²) in [5.74, 6) is 1.58. The Morgan fingerprint density at radius 1 is 1.25 bits per heavy atom. The van der Waals surface area contributed by atoms with E-state index in [1.54, 1.807) is 0 Å². The number of fused-ring (bicyclic) bond motifs is 1. The molecule has 0 spiro atoms. The molecule has 3 unspecified atom stereocenters. The highest BCUT2D eigenvalue weighted by Crippen LogP contribution is 2.37. The number of hydrogen-bond donors (Lipinski definition) is 1. The molecule has 3 rings (SSSR count). The minimum Gasteiger partial charge on any atom is -0.491 e. The van der Waals surface area contributed by atoms with Crippen LogP contribution in [0.3, 0.4) is 0 Å². The molecule has 0 aliphatic carbocycles. The SMILES string of the molecule is Cc1cc2c(cc1C)C(O)C(N1CCCC(C)C1)CO2. The third kappa shape index (κ3) is 2.45. The molecular formula is C17H25NO2. The number of nitrogens with zero attached hydrogens (tertiary/aromatic N) is 1. The second-order valence-corrected chi connectivity index (χ2v) is 6.54. The van der Waals surface area contributed by atoms with Crippen molar-refractivity contribution in [2.45, 2.75) is 45.8 Å². The van der Waals surface area contributed by atoms with Gasteiger partial charge in [-0.05, 0) is 62.4 Å². The van der Waals surface area contributed by atoms with Gasteiger partial charge in [0.1, 0.15) is 18.5 Å². The number of hydrogen-bond acceptors (Lipinski definition) is 3. The Morgan fingerprint density at radius 3 is 2.75 bits per heavy atom. The fraction of sp³-hybridized carbons (Fsp3) is 0.647. The molecule has 1 aromatic rings. The molecule has 1 fully saturated rings. The topological polar surface area (TPSA) is 32.7 Å². The molecule has 0 aromatic heterocycles. The lowest BCUT2D eigenvalue weighted by Crippen LogP contribution is -2.49. The van der Waals surface area contributed by atoms with Crippen LogP contribution in [-0.4, -0.2) is 35.7 Å². The first kappa shape index (κ1) is 13.9. The first-order valence-electron chi connectivity index (χ1n) is 7.72. The number of piperidine rings is 1. The van der Waals surface area contributed by atoms with E-state index < -0.39 is 6.10 Å². The monoisotopic (exact) mass is 275 g/mol. The summed E-state index contributed by atoms with van der Waals surface area (Å²) in [5.41, 5.74) is 3.41. The summed E-state index contributed by atoms with van der Waals surface area (Å²) in [4.78, 5) is 2.41. The summed E-state index contributed by atoms with van der Waals surface area (Å²) >= 11 is 0. The third-order valence-corrected chi connectivity index (χ3v) is 4.88. The van der Waals surface area contributed by atoms with E-state index in [0.29, 0.717) is 6.61 Å². The average molecular weight is 275 g/mol. The first-order valence-corrected chi connectivity index (χ1v) is 7.72. The normalized spacial score (nSPS) is 30.7. The second-order valence-electron chi connectivity index (χ2n) is 6.54. The summed E-state index contributed by atoms with van der Waals surface area (Å²) in [7, 11) is 0. The summed E-state index contributed by atoms with van der Waals surface area (Å²) in [5, 5.41) is 10.8. The smallest absolute Gasteiger partial charge is 0.125 e. The van der Waals surface area contributed by atoms with E-state index in [0.717, 1.165) is 30.3 Å². The van der Waals surface area contributed by atoms with Crippen molar-refractivity contribution in [3.05, 3.63) is 28.8 Å². The Labute approximate surface area is 121 Å². The van der Waals surface area contributed by atoms with Crippen LogP contribution in [0, 0.1) is 19.8 Å². The van der Waals surface area contributed by atoms with Gasteiger partial charge in [0.05, 0.1) is 6.04 Å². The van der Waals surface area contributed by atoms with E-state index in [9.17, 15) is 5.11 Å². The van der Waals surface area contributed by atoms with Gasteiger partial charge in [-0.1, -0.05) is 6.92 Å². The Hall–Kier alpha value is -1.06. The van der Waals surface area contributed by atoms with Crippen molar-refractivity contribution in [2.75, 3.05) is 19.7 Å². The van der Waals surface area contributed by atoms with Crippen LogP contribution in [0.25, 0.3) is 0 Å². The van der Waals surface area contributed by atoms with Gasteiger partial charge in [0.2, 0.25) is 0 Å². The molecule has 1 aromatic carbocycles. The minimum absolute atomic E-state index is 0.104. The first-order chi connectivity index (χ1) is 9.56. The molecule has 0 saturated carbocycles. The molecule has 2 aliphatic heterocycles. The fourth-order valence-electron chi connectivity index (χ4n) is 3.47. The number of benzene rings is 1. The minimum atomic E-state index is -0.427. The molecule has 0 radical (unpaired) electrons. The van der Waals surface area contributed by atoms with Crippen LogP contribution in [-0.2, 0) is 0 Å². The van der Waals surface area contributed by atoms with Crippen LogP contribution in [0.15, 0.2) is 12.1 Å². The van der Waals surface area contributed by atoms with Crippen molar-refractivity contribution >= 4 is 0 Å². The highest BCUT2D eigenvalue weighted by atomic mass is 16.5. The molecule has 2 aliphatic rings. The fourth-order valence-corrected chi connectivity index (χ4v) is 3.47. The van der Waals surface area contributed by atoms with Crippen molar-refractivity contribution in [1.29, 1.82) is 0 Å². The highest BCUT2D eigenvalue weighted by Gasteiger charge is 2.35. The number of rotatable bonds is 1. The molecular weight excluding hydrogens is 250 g/mol. The van der Waals surface area contributed by atoms with Crippen molar-refractivity contribution in [3.63, 3.8) is 0 Å². The molecule has 2 heterocycles. The van der Waals surface area contributed by atoms with Gasteiger partial charge in [-0.2, -0.15) is 0 Å². The maximum absolute atomic E-state index is 10.8. The predicted octanol–water partition coefficient (Wildman–Crippen LogP) is 2.83. The van der Waals surface area contributed by atoms with E-state index in [-0.39, 0.29) is 6.04 Å². The van der Waals surface area contributed by atoms with Crippen LogP contribution in [0.2, 0.25) is 0 Å². The van der Waals surface area contributed by atoms with Gasteiger partial charge < -0.3 is 9.84 Å². The van der Waals surface area contributed by atoms with Gasteiger partial charge in [-0.25, -0.2) is 0 Å². The molecule has 3 heteroatoms. The Kier molecular flexibility index (Phi) is 3.74. The van der Waals surface area contributed by atoms with Crippen molar-refractivity contribution in [3.8, 4) is 5.75 Å². The van der Waals surface area contributed by atoms with Crippen LogP contribution >= 0.6 is 0 Å². The number of aliphatic hydroxyl groups is 1. The third-order valence-electron chi connectivity index (χ3n) is 4.88. The zero-order valence-electron chi connectivity index (χ0n) is 12.7. The van der Waals surface area contributed by atoms with Crippen LogP contribution in [0.4, 0.5) is 0 Å². The van der Waals surface area contributed by atoms with Gasteiger partial charge in [0, 0.05) is 12.1 Å². The zero-order chi connectivity index (χ0) is 14.3. The van der Waals surface area contributed by atoms with Gasteiger partial charge in [-0.15, -0.1) is 0 Å². The number of aryl methyl sites for hydroxylation is 2. The van der Waals surface area contributed by atoms with Gasteiger partial charge in [0.15, 0.2) is 0 Å². The molecule has 0 amide bonds. The number of aliphatic hydroxyl groups excluding tert-OH is 1. The molecule has 3 atom stereocenters. The quantitative estimate of drug-likeness (QED) is 0.855. The standard InChI is InChI=1S/C17H25NO2/c1-11-5-4-6-18(9-11)15-10-20-16-8-13(3)12(2)7-14(16)17(15)19/h7-8,11,15,17,19H,4-6,9-10H2,1-3H3. The highest BCUT2D eigenvalue weighted by molar-refractivity contribution is 5.44. The zero-order valence-corrected chi connectivity index (χ0v) is 12.7. The summed E-state index contributed by atoms with van der Waals surface area (Å²) in [6.07, 6.45) is 2.10. The van der Waals surface area contributed by atoms with Crippen molar-refractivity contribution in [1.82, 2.24) is 4.90 Å². The maximum Gasteiger partial charge on any atom is 0.125 e.